The molecule has 0 bridgehead atoms. The van der Waals surface area contributed by atoms with Crippen molar-refractivity contribution in [2.24, 2.45) is 0 Å². The summed E-state index contributed by atoms with van der Waals surface area (Å²) in [6.07, 6.45) is 8.54. The molecule has 3 rings (SSSR count). The Morgan fingerprint density at radius 1 is 1.12 bits per heavy atom. The zero-order valence-electron chi connectivity index (χ0n) is 13.9. The predicted molar refractivity (Wildman–Crippen MR) is 96.5 cm³/mol. The van der Waals surface area contributed by atoms with Crippen LogP contribution in [-0.2, 0) is 6.61 Å². The molecule has 0 spiro atoms. The number of carbonyl (C=O) groups is 1. The molecule has 128 valence electrons. The van der Waals surface area contributed by atoms with E-state index in [9.17, 15) is 4.79 Å². The monoisotopic (exact) mass is 344 g/mol. The highest BCUT2D eigenvalue weighted by Gasteiger charge is 2.15. The number of nitrogens with zero attached hydrogens (tertiary/aromatic N) is 1. The van der Waals surface area contributed by atoms with E-state index in [4.69, 9.17) is 4.74 Å². The summed E-state index contributed by atoms with van der Waals surface area (Å²) in [5, 5.41) is 5.16. The van der Waals surface area contributed by atoms with Gasteiger partial charge >= 0.3 is 0 Å². The van der Waals surface area contributed by atoms with Gasteiger partial charge in [0.2, 0.25) is 0 Å². The summed E-state index contributed by atoms with van der Waals surface area (Å²) in [6, 6.07) is 7.67. The maximum Gasteiger partial charge on any atom is 0.251 e. The minimum Gasteiger partial charge on any atom is -0.487 e. The third-order valence-electron chi connectivity index (χ3n) is 4.43. The Morgan fingerprint density at radius 3 is 2.50 bits per heavy atom. The lowest BCUT2D eigenvalue weighted by Gasteiger charge is -2.21. The van der Waals surface area contributed by atoms with Gasteiger partial charge in [0.1, 0.15) is 12.4 Å². The number of hydrogen-bond donors (Lipinski definition) is 1. The Morgan fingerprint density at radius 2 is 1.83 bits per heavy atom. The van der Waals surface area contributed by atoms with Crippen molar-refractivity contribution < 1.29 is 9.53 Å². The van der Waals surface area contributed by atoms with E-state index < -0.39 is 0 Å². The topological polar surface area (TPSA) is 51.2 Å². The van der Waals surface area contributed by atoms with Crippen LogP contribution in [0.2, 0.25) is 0 Å². The third kappa shape index (κ3) is 5.06. The normalized spacial score (nSPS) is 16.2. The van der Waals surface area contributed by atoms with Crippen LogP contribution >= 0.6 is 11.3 Å². The number of benzene rings is 1. The van der Waals surface area contributed by atoms with E-state index in [1.807, 2.05) is 29.6 Å². The number of carbonyl (C=O) groups excluding carboxylic acids is 1. The molecule has 0 radical (unpaired) electrons. The first-order valence-electron chi connectivity index (χ1n) is 8.72. The molecule has 5 heteroatoms. The largest absolute Gasteiger partial charge is 0.487 e. The number of ether oxygens (including phenoxy) is 1. The summed E-state index contributed by atoms with van der Waals surface area (Å²) in [6.45, 7) is 0.455. The highest BCUT2D eigenvalue weighted by molar-refractivity contribution is 7.07. The average Bonchev–Trinajstić information content (AvgIpc) is 3.09. The van der Waals surface area contributed by atoms with Crippen LogP contribution in [0, 0.1) is 0 Å². The molecule has 24 heavy (non-hydrogen) atoms. The minimum absolute atomic E-state index is 0.0200. The van der Waals surface area contributed by atoms with Gasteiger partial charge in [0, 0.05) is 17.0 Å². The lowest BCUT2D eigenvalue weighted by atomic mass is 9.96. The molecular formula is C19H24N2O2S. The van der Waals surface area contributed by atoms with Crippen molar-refractivity contribution in [3.05, 3.63) is 46.4 Å². The molecule has 1 N–H and O–H groups in total. The lowest BCUT2D eigenvalue weighted by molar-refractivity contribution is 0.0930. The number of rotatable bonds is 5. The van der Waals surface area contributed by atoms with Crippen molar-refractivity contribution in [2.75, 3.05) is 0 Å². The van der Waals surface area contributed by atoms with Gasteiger partial charge in [0.15, 0.2) is 0 Å². The Balaban J connectivity index is 1.51. The van der Waals surface area contributed by atoms with Crippen molar-refractivity contribution in [1.82, 2.24) is 10.3 Å². The van der Waals surface area contributed by atoms with Gasteiger partial charge in [0.25, 0.3) is 5.91 Å². The number of aromatic nitrogens is 1. The molecule has 1 fully saturated rings. The summed E-state index contributed by atoms with van der Waals surface area (Å²) in [5.41, 5.74) is 3.41. The lowest BCUT2D eigenvalue weighted by Crippen LogP contribution is -2.35. The molecule has 1 aliphatic carbocycles. The van der Waals surface area contributed by atoms with Crippen molar-refractivity contribution in [3.8, 4) is 5.75 Å². The molecule has 4 nitrogen and oxygen atoms in total. The van der Waals surface area contributed by atoms with Gasteiger partial charge in [-0.05, 0) is 37.1 Å². The van der Waals surface area contributed by atoms with Gasteiger partial charge in [0.05, 0.1) is 11.2 Å². The zero-order chi connectivity index (χ0) is 16.6. The second kappa shape index (κ2) is 8.83. The van der Waals surface area contributed by atoms with Gasteiger partial charge < -0.3 is 10.1 Å². The Labute approximate surface area is 147 Å². The molecule has 1 amide bonds. The van der Waals surface area contributed by atoms with Gasteiger partial charge in [-0.15, -0.1) is 11.3 Å². The van der Waals surface area contributed by atoms with E-state index >= 15 is 0 Å². The second-order valence-corrected chi connectivity index (χ2v) is 7.03. The molecular weight excluding hydrogens is 320 g/mol. The standard InChI is InChI=1S/C19H24N2O2S/c22-19(21-16-6-4-2-1-3-5-7-16)15-8-10-18(11-9-15)23-12-17-13-24-14-20-17/h8-11,13-14,16H,1-7,12H2,(H,21,22). The quantitative estimate of drug-likeness (QED) is 0.865. The smallest absolute Gasteiger partial charge is 0.251 e. The molecule has 0 atom stereocenters. The van der Waals surface area contributed by atoms with Crippen LogP contribution in [0.15, 0.2) is 35.2 Å². The van der Waals surface area contributed by atoms with Crippen LogP contribution in [0.5, 0.6) is 5.75 Å². The summed E-state index contributed by atoms with van der Waals surface area (Å²) in [5.74, 6) is 0.775. The molecule has 1 heterocycles. The number of amides is 1. The molecule has 1 aliphatic rings. The summed E-state index contributed by atoms with van der Waals surface area (Å²) >= 11 is 1.56. The first-order chi connectivity index (χ1) is 11.8. The maximum absolute atomic E-state index is 12.4. The van der Waals surface area contributed by atoms with Crippen molar-refractivity contribution in [2.45, 2.75) is 57.6 Å². The number of hydrogen-bond acceptors (Lipinski definition) is 4. The highest BCUT2D eigenvalue weighted by Crippen LogP contribution is 2.18. The van der Waals surface area contributed by atoms with E-state index in [2.05, 4.69) is 10.3 Å². The molecule has 0 saturated heterocycles. The zero-order valence-corrected chi connectivity index (χ0v) is 14.7. The maximum atomic E-state index is 12.4. The van der Waals surface area contributed by atoms with Crippen molar-refractivity contribution in [1.29, 1.82) is 0 Å². The van der Waals surface area contributed by atoms with E-state index in [0.717, 1.165) is 24.3 Å². The predicted octanol–water partition coefficient (Wildman–Crippen LogP) is 4.56. The third-order valence-corrected chi connectivity index (χ3v) is 5.06. The SMILES string of the molecule is O=C(NC1CCCCCCC1)c1ccc(OCc2cscn2)cc1. The van der Waals surface area contributed by atoms with Crippen LogP contribution in [0.4, 0.5) is 0 Å². The Hall–Kier alpha value is -1.88. The van der Waals surface area contributed by atoms with Gasteiger partial charge in [-0.3, -0.25) is 4.79 Å². The van der Waals surface area contributed by atoms with Crippen molar-refractivity contribution in [3.63, 3.8) is 0 Å². The van der Waals surface area contributed by atoms with Gasteiger partial charge in [-0.2, -0.15) is 0 Å². The highest BCUT2D eigenvalue weighted by atomic mass is 32.1. The Bertz CT molecular complexity index is 617. The van der Waals surface area contributed by atoms with Gasteiger partial charge in [-0.25, -0.2) is 4.98 Å². The summed E-state index contributed by atoms with van der Waals surface area (Å²) in [4.78, 5) is 16.6. The van der Waals surface area contributed by atoms with E-state index in [1.165, 1.54) is 32.1 Å². The van der Waals surface area contributed by atoms with Gasteiger partial charge in [-0.1, -0.05) is 32.1 Å². The average molecular weight is 344 g/mol. The van der Waals surface area contributed by atoms with E-state index in [1.54, 1.807) is 16.8 Å². The van der Waals surface area contributed by atoms with Crippen molar-refractivity contribution >= 4 is 17.2 Å². The fourth-order valence-electron chi connectivity index (χ4n) is 3.04. The second-order valence-electron chi connectivity index (χ2n) is 6.31. The van der Waals surface area contributed by atoms with Crippen LogP contribution in [0.3, 0.4) is 0 Å². The fraction of sp³-hybridized carbons (Fsp3) is 0.474. The molecule has 0 aliphatic heterocycles. The molecule has 0 unspecified atom stereocenters. The molecule has 1 aromatic heterocycles. The van der Waals surface area contributed by atoms with E-state index in [0.29, 0.717) is 18.2 Å². The molecule has 1 saturated carbocycles. The van der Waals surface area contributed by atoms with Crippen LogP contribution in [0.25, 0.3) is 0 Å². The number of thiazole rings is 1. The molecule has 2 aromatic rings. The van der Waals surface area contributed by atoms with Crippen LogP contribution in [-0.4, -0.2) is 16.9 Å². The van der Waals surface area contributed by atoms with Crippen LogP contribution < -0.4 is 10.1 Å². The minimum atomic E-state index is 0.0200. The summed E-state index contributed by atoms with van der Waals surface area (Å²) in [7, 11) is 0. The van der Waals surface area contributed by atoms with E-state index in [-0.39, 0.29) is 5.91 Å². The first kappa shape index (κ1) is 17.0. The first-order valence-corrected chi connectivity index (χ1v) is 9.66. The van der Waals surface area contributed by atoms with Crippen LogP contribution in [0.1, 0.15) is 61.0 Å². The Kier molecular flexibility index (Phi) is 6.24. The number of nitrogens with one attached hydrogen (secondary N) is 1. The molecule has 1 aromatic carbocycles. The summed E-state index contributed by atoms with van der Waals surface area (Å²) < 4.78 is 5.68. The fourth-order valence-corrected chi connectivity index (χ4v) is 3.58.